The Bertz CT molecular complexity index is 1240. The molecule has 0 spiro atoms. The van der Waals surface area contributed by atoms with Crippen LogP contribution >= 0.6 is 0 Å². The van der Waals surface area contributed by atoms with Crippen LogP contribution in [0.3, 0.4) is 0 Å². The van der Waals surface area contributed by atoms with Crippen LogP contribution in [0, 0.1) is 13.8 Å². The molecule has 1 heterocycles. The maximum Gasteiger partial charge on any atom is 0.187 e. The van der Waals surface area contributed by atoms with Crippen LogP contribution in [0.15, 0.2) is 60.7 Å². The maximum absolute atomic E-state index is 13.7. The van der Waals surface area contributed by atoms with Crippen molar-refractivity contribution in [3.63, 3.8) is 0 Å². The predicted octanol–water partition coefficient (Wildman–Crippen LogP) is 5.35. The van der Waals surface area contributed by atoms with Crippen molar-refractivity contribution >= 4 is 17.5 Å². The van der Waals surface area contributed by atoms with E-state index in [1.165, 1.54) is 11.1 Å². The lowest BCUT2D eigenvalue weighted by molar-refractivity contribution is 0.104. The standard InChI is InChI=1S/C31H37N3O2/c1-22-16-23(2)18-26(17-22)25-7-10-30(34-14-12-32-13-15-34)29(20-25)31(35)11-8-24-6-9-28(36-5)19-27(24)21-33(3)4/h6-11,16-20,32H,12-15,21H2,1-5H3/b11-8+. The van der Waals surface area contributed by atoms with Crippen LogP contribution in [-0.4, -0.2) is 58.1 Å². The van der Waals surface area contributed by atoms with Crippen molar-refractivity contribution in [1.29, 1.82) is 0 Å². The number of anilines is 1. The van der Waals surface area contributed by atoms with Gasteiger partial charge in [-0.05, 0) is 80.5 Å². The van der Waals surface area contributed by atoms with E-state index in [0.29, 0.717) is 0 Å². The highest BCUT2D eigenvalue weighted by Gasteiger charge is 2.18. The minimum absolute atomic E-state index is 0.0152. The van der Waals surface area contributed by atoms with Crippen LogP contribution in [0.5, 0.6) is 5.75 Å². The molecule has 188 valence electrons. The van der Waals surface area contributed by atoms with Crippen LogP contribution in [0.25, 0.3) is 17.2 Å². The number of methoxy groups -OCH3 is 1. The second-order valence-electron chi connectivity index (χ2n) is 9.85. The molecule has 0 saturated carbocycles. The lowest BCUT2D eigenvalue weighted by atomic mass is 9.96. The van der Waals surface area contributed by atoms with Gasteiger partial charge in [-0.2, -0.15) is 0 Å². The van der Waals surface area contributed by atoms with Gasteiger partial charge in [0, 0.05) is 44.0 Å². The molecular weight excluding hydrogens is 446 g/mol. The molecule has 1 aliphatic rings. The number of ether oxygens (including phenoxy) is 1. The Morgan fingerprint density at radius 3 is 2.36 bits per heavy atom. The van der Waals surface area contributed by atoms with Gasteiger partial charge in [-0.3, -0.25) is 4.79 Å². The molecule has 0 bridgehead atoms. The Kier molecular flexibility index (Phi) is 8.24. The van der Waals surface area contributed by atoms with Gasteiger partial charge in [-0.25, -0.2) is 0 Å². The van der Waals surface area contributed by atoms with Crippen LogP contribution in [0.1, 0.15) is 32.6 Å². The molecule has 1 N–H and O–H groups in total. The first-order valence-electron chi connectivity index (χ1n) is 12.6. The number of carbonyl (C=O) groups excluding carboxylic acids is 1. The van der Waals surface area contributed by atoms with Crippen molar-refractivity contribution < 1.29 is 9.53 Å². The van der Waals surface area contributed by atoms with Gasteiger partial charge < -0.3 is 19.9 Å². The lowest BCUT2D eigenvalue weighted by Crippen LogP contribution is -2.44. The fourth-order valence-corrected chi connectivity index (χ4v) is 4.84. The summed E-state index contributed by atoms with van der Waals surface area (Å²) in [5.41, 5.74) is 8.53. The number of benzene rings is 3. The molecule has 5 heteroatoms. The number of carbonyl (C=O) groups is 1. The molecule has 3 aromatic carbocycles. The van der Waals surface area contributed by atoms with Gasteiger partial charge in [-0.1, -0.05) is 47.5 Å². The SMILES string of the molecule is COc1ccc(/C=C/C(=O)c2cc(-c3cc(C)cc(C)c3)ccc2N2CCNCC2)c(CN(C)C)c1. The van der Waals surface area contributed by atoms with Crippen molar-refractivity contribution in [1.82, 2.24) is 10.2 Å². The summed E-state index contributed by atoms with van der Waals surface area (Å²) in [6, 6.07) is 18.9. The molecule has 0 aliphatic carbocycles. The summed E-state index contributed by atoms with van der Waals surface area (Å²) in [4.78, 5) is 18.1. The molecular formula is C31H37N3O2. The van der Waals surface area contributed by atoms with Gasteiger partial charge in [0.25, 0.3) is 0 Å². The van der Waals surface area contributed by atoms with Crippen LogP contribution in [0.4, 0.5) is 5.69 Å². The number of allylic oxidation sites excluding steroid dienone is 1. The van der Waals surface area contributed by atoms with Crippen LogP contribution in [-0.2, 0) is 6.54 Å². The second-order valence-corrected chi connectivity index (χ2v) is 9.85. The number of hydrogen-bond acceptors (Lipinski definition) is 5. The van der Waals surface area contributed by atoms with E-state index in [9.17, 15) is 4.79 Å². The zero-order valence-corrected chi connectivity index (χ0v) is 22.1. The van der Waals surface area contributed by atoms with E-state index < -0.39 is 0 Å². The topological polar surface area (TPSA) is 44.8 Å². The van der Waals surface area contributed by atoms with Crippen molar-refractivity contribution in [3.05, 3.63) is 88.5 Å². The molecule has 4 rings (SSSR count). The van der Waals surface area contributed by atoms with Gasteiger partial charge in [0.15, 0.2) is 5.78 Å². The Hall–Kier alpha value is -3.41. The minimum atomic E-state index is 0.0152. The molecule has 0 amide bonds. The first-order chi connectivity index (χ1) is 17.3. The third-order valence-electron chi connectivity index (χ3n) is 6.53. The van der Waals surface area contributed by atoms with Gasteiger partial charge in [-0.15, -0.1) is 0 Å². The Morgan fingerprint density at radius 2 is 1.69 bits per heavy atom. The molecule has 0 unspecified atom stereocenters. The third-order valence-corrected chi connectivity index (χ3v) is 6.53. The smallest absolute Gasteiger partial charge is 0.187 e. The fourth-order valence-electron chi connectivity index (χ4n) is 4.84. The highest BCUT2D eigenvalue weighted by atomic mass is 16.5. The maximum atomic E-state index is 13.7. The number of piperazine rings is 1. The first kappa shape index (κ1) is 25.7. The van der Waals surface area contributed by atoms with Crippen molar-refractivity contribution in [2.24, 2.45) is 0 Å². The molecule has 3 aromatic rings. The van der Waals surface area contributed by atoms with Gasteiger partial charge in [0.05, 0.1) is 7.11 Å². The van der Waals surface area contributed by atoms with E-state index >= 15 is 0 Å². The van der Waals surface area contributed by atoms with Gasteiger partial charge >= 0.3 is 0 Å². The summed E-state index contributed by atoms with van der Waals surface area (Å²) < 4.78 is 5.42. The summed E-state index contributed by atoms with van der Waals surface area (Å²) in [6.07, 6.45) is 3.65. The van der Waals surface area contributed by atoms with Crippen LogP contribution < -0.4 is 15.0 Å². The molecule has 0 atom stereocenters. The molecule has 5 nitrogen and oxygen atoms in total. The van der Waals surface area contributed by atoms with E-state index in [0.717, 1.165) is 72.0 Å². The summed E-state index contributed by atoms with van der Waals surface area (Å²) in [5.74, 6) is 0.832. The average molecular weight is 484 g/mol. The van der Waals surface area contributed by atoms with Crippen molar-refractivity contribution in [2.45, 2.75) is 20.4 Å². The Labute approximate surface area is 215 Å². The number of hydrogen-bond donors (Lipinski definition) is 1. The summed E-state index contributed by atoms with van der Waals surface area (Å²) in [7, 11) is 5.75. The van der Waals surface area contributed by atoms with Crippen molar-refractivity contribution in [3.8, 4) is 16.9 Å². The highest BCUT2D eigenvalue weighted by Crippen LogP contribution is 2.30. The van der Waals surface area contributed by atoms with E-state index in [1.54, 1.807) is 13.2 Å². The molecule has 1 aliphatic heterocycles. The molecule has 1 saturated heterocycles. The molecule has 1 fully saturated rings. The summed E-state index contributed by atoms with van der Waals surface area (Å²) in [6.45, 7) is 8.60. The number of aryl methyl sites for hydroxylation is 2. The van der Waals surface area contributed by atoms with Gasteiger partial charge in [0.2, 0.25) is 0 Å². The molecule has 0 radical (unpaired) electrons. The molecule has 36 heavy (non-hydrogen) atoms. The normalized spacial score (nSPS) is 14.0. The highest BCUT2D eigenvalue weighted by molar-refractivity contribution is 6.11. The quantitative estimate of drug-likeness (QED) is 0.346. The Balaban J connectivity index is 1.72. The number of nitrogens with zero attached hydrogens (tertiary/aromatic N) is 2. The zero-order chi connectivity index (χ0) is 25.7. The monoisotopic (exact) mass is 483 g/mol. The van der Waals surface area contributed by atoms with Crippen LogP contribution in [0.2, 0.25) is 0 Å². The fraction of sp³-hybridized carbons (Fsp3) is 0.323. The minimum Gasteiger partial charge on any atom is -0.497 e. The zero-order valence-electron chi connectivity index (χ0n) is 22.1. The second kappa shape index (κ2) is 11.5. The summed E-state index contributed by atoms with van der Waals surface area (Å²) >= 11 is 0. The van der Waals surface area contributed by atoms with E-state index in [4.69, 9.17) is 4.74 Å². The van der Waals surface area contributed by atoms with E-state index in [1.807, 2.05) is 38.4 Å². The van der Waals surface area contributed by atoms with Crippen molar-refractivity contribution in [2.75, 3.05) is 52.3 Å². The largest absolute Gasteiger partial charge is 0.497 e. The number of rotatable bonds is 8. The predicted molar refractivity (Wildman–Crippen MR) is 150 cm³/mol. The lowest BCUT2D eigenvalue weighted by Gasteiger charge is -2.31. The van der Waals surface area contributed by atoms with E-state index in [2.05, 4.69) is 65.4 Å². The first-order valence-corrected chi connectivity index (χ1v) is 12.6. The third kappa shape index (κ3) is 6.23. The summed E-state index contributed by atoms with van der Waals surface area (Å²) in [5, 5.41) is 3.41. The number of nitrogens with one attached hydrogen (secondary N) is 1. The van der Waals surface area contributed by atoms with E-state index in [-0.39, 0.29) is 5.78 Å². The molecule has 0 aromatic heterocycles. The Morgan fingerprint density at radius 1 is 0.972 bits per heavy atom. The average Bonchev–Trinajstić information content (AvgIpc) is 2.87. The number of ketones is 1. The van der Waals surface area contributed by atoms with Gasteiger partial charge in [0.1, 0.15) is 5.75 Å².